The summed E-state index contributed by atoms with van der Waals surface area (Å²) >= 11 is 0. The van der Waals surface area contributed by atoms with Gasteiger partial charge in [0.05, 0.1) is 27.7 Å². The highest BCUT2D eigenvalue weighted by Crippen LogP contribution is 2.62. The Morgan fingerprint density at radius 3 is 2.02 bits per heavy atom. The molecule has 2 aliphatic carbocycles. The quantitative estimate of drug-likeness (QED) is 0.132. The third-order valence-electron chi connectivity index (χ3n) is 12.6. The maximum absolute atomic E-state index is 6.42. The first-order chi connectivity index (χ1) is 26.1. The predicted molar refractivity (Wildman–Crippen MR) is 226 cm³/mol. The van der Waals surface area contributed by atoms with E-state index in [0.717, 1.165) is 22.3 Å². The highest BCUT2D eigenvalue weighted by molar-refractivity contribution is 6.62. The van der Waals surface area contributed by atoms with Crippen LogP contribution in [0.1, 0.15) is 56.9 Å². The van der Waals surface area contributed by atoms with E-state index in [1.807, 2.05) is 6.08 Å². The topological polar surface area (TPSA) is 23.4 Å². The molecule has 1 aliphatic heterocycles. The zero-order valence-corrected chi connectivity index (χ0v) is 31.5. The van der Waals surface area contributed by atoms with E-state index >= 15 is 0 Å². The second kappa shape index (κ2) is 11.7. The minimum absolute atomic E-state index is 0.394. The van der Waals surface area contributed by atoms with Crippen molar-refractivity contribution in [3.63, 3.8) is 0 Å². The summed E-state index contributed by atoms with van der Waals surface area (Å²) in [5, 5.41) is 2.45. The van der Waals surface area contributed by atoms with Gasteiger partial charge in [-0.1, -0.05) is 128 Å². The van der Waals surface area contributed by atoms with Gasteiger partial charge in [0.1, 0.15) is 0 Å². The molecule has 0 saturated carbocycles. The molecule has 1 saturated heterocycles. The van der Waals surface area contributed by atoms with Gasteiger partial charge in [-0.15, -0.1) is 0 Å². The molecule has 1 fully saturated rings. The molecule has 1 spiro atoms. The molecule has 4 heteroatoms. The van der Waals surface area contributed by atoms with Gasteiger partial charge in [0.15, 0.2) is 0 Å². The molecular formula is C50H42BNO2. The van der Waals surface area contributed by atoms with Gasteiger partial charge < -0.3 is 13.9 Å². The van der Waals surface area contributed by atoms with Crippen molar-refractivity contribution in [1.82, 2.24) is 4.57 Å². The molecule has 7 aromatic rings. The Balaban J connectivity index is 1.16. The van der Waals surface area contributed by atoms with E-state index in [1.165, 1.54) is 66.3 Å². The third-order valence-corrected chi connectivity index (χ3v) is 12.6. The minimum Gasteiger partial charge on any atom is -0.399 e. The average Bonchev–Trinajstić information content (AvgIpc) is 3.83. The van der Waals surface area contributed by atoms with Crippen LogP contribution in [0.25, 0.3) is 55.3 Å². The number of fused-ring (bicyclic) bond motifs is 10. The fraction of sp³-hybridized carbons (Fsp3) is 0.160. The molecule has 1 atom stereocenters. The van der Waals surface area contributed by atoms with E-state index in [2.05, 4.69) is 191 Å². The fourth-order valence-electron chi connectivity index (χ4n) is 9.38. The molecule has 6 aromatic carbocycles. The summed E-state index contributed by atoms with van der Waals surface area (Å²) in [5.74, 6) is 0. The predicted octanol–water partition coefficient (Wildman–Crippen LogP) is 11.6. The summed E-state index contributed by atoms with van der Waals surface area (Å²) in [6, 6.07) is 49.3. The van der Waals surface area contributed by atoms with Crippen LogP contribution in [-0.4, -0.2) is 22.9 Å². The molecule has 54 heavy (non-hydrogen) atoms. The lowest BCUT2D eigenvalue weighted by Gasteiger charge is -2.32. The molecule has 0 amide bonds. The molecule has 0 radical (unpaired) electrons. The van der Waals surface area contributed by atoms with Crippen LogP contribution in [0.15, 0.2) is 164 Å². The van der Waals surface area contributed by atoms with Crippen LogP contribution in [-0.2, 0) is 14.7 Å². The minimum atomic E-state index is -0.434. The molecule has 3 aliphatic rings. The van der Waals surface area contributed by atoms with Gasteiger partial charge in [-0.2, -0.15) is 0 Å². The summed E-state index contributed by atoms with van der Waals surface area (Å²) in [6.45, 7) is 14.7. The summed E-state index contributed by atoms with van der Waals surface area (Å²) in [5.41, 5.74) is 16.1. The number of rotatable bonds is 5. The normalized spacial score (nSPS) is 19.3. The van der Waals surface area contributed by atoms with Crippen LogP contribution < -0.4 is 5.46 Å². The highest BCUT2D eigenvalue weighted by Gasteiger charge is 2.53. The fourth-order valence-corrected chi connectivity index (χ4v) is 9.38. The Kier molecular flexibility index (Phi) is 7.11. The number of allylic oxidation sites excluding steroid dienone is 5. The van der Waals surface area contributed by atoms with Crippen molar-refractivity contribution in [1.29, 1.82) is 0 Å². The maximum atomic E-state index is 6.42. The summed E-state index contributed by atoms with van der Waals surface area (Å²) in [7, 11) is -0.409. The number of para-hydroxylation sites is 1. The van der Waals surface area contributed by atoms with Crippen molar-refractivity contribution in [2.24, 2.45) is 0 Å². The zero-order chi connectivity index (χ0) is 37.0. The van der Waals surface area contributed by atoms with Crippen molar-refractivity contribution in [3.05, 3.63) is 186 Å². The van der Waals surface area contributed by atoms with E-state index in [-0.39, 0.29) is 0 Å². The molecule has 10 rings (SSSR count). The Morgan fingerprint density at radius 1 is 0.593 bits per heavy atom. The standard InChI is InChI=1S/C50H42BNO2/c1-7-8-21-42-32(2)37-18-9-12-22-43(37)50(42)44-23-13-10-19-38(44)39-27-26-36(31-45(39)50)52-46-24-14-11-20-40(46)41-30-34(25-28-47(41)52)33-16-15-17-35(29-33)51-53-48(3,4)49(5,6)54-51/h7-31H,1H2,2-6H3/b21-8-. The Labute approximate surface area is 318 Å². The molecule has 262 valence electrons. The number of aromatic nitrogens is 1. The Morgan fingerprint density at radius 2 is 1.24 bits per heavy atom. The zero-order valence-electron chi connectivity index (χ0n) is 31.5. The van der Waals surface area contributed by atoms with E-state index in [0.29, 0.717) is 0 Å². The first-order valence-corrected chi connectivity index (χ1v) is 19.0. The number of hydrogen-bond acceptors (Lipinski definition) is 2. The van der Waals surface area contributed by atoms with E-state index < -0.39 is 23.7 Å². The van der Waals surface area contributed by atoms with Gasteiger partial charge in [-0.05, 0) is 126 Å². The molecule has 0 bridgehead atoms. The smallest absolute Gasteiger partial charge is 0.399 e. The van der Waals surface area contributed by atoms with Crippen LogP contribution in [0.5, 0.6) is 0 Å². The SMILES string of the molecule is C=C/C=C\C1=C(C)c2ccccc2C12c1ccccc1-c1ccc(-n3c4ccccc4c4cc(-c5cccc(B6OC(C)(C)C(C)(C)O6)c5)ccc43)cc12. The summed E-state index contributed by atoms with van der Waals surface area (Å²) in [6.07, 6.45) is 6.26. The molecule has 1 aromatic heterocycles. The largest absolute Gasteiger partial charge is 0.494 e. The van der Waals surface area contributed by atoms with Crippen molar-refractivity contribution in [3.8, 4) is 27.9 Å². The van der Waals surface area contributed by atoms with Crippen LogP contribution in [0, 0.1) is 0 Å². The molecule has 0 N–H and O–H groups in total. The molecule has 2 heterocycles. The molecule has 1 unspecified atom stereocenters. The number of nitrogens with zero attached hydrogens (tertiary/aromatic N) is 1. The number of benzene rings is 6. The maximum Gasteiger partial charge on any atom is 0.494 e. The van der Waals surface area contributed by atoms with Crippen LogP contribution in [0.4, 0.5) is 0 Å². The van der Waals surface area contributed by atoms with Gasteiger partial charge in [0.2, 0.25) is 0 Å². The van der Waals surface area contributed by atoms with Crippen molar-refractivity contribution in [2.75, 3.05) is 0 Å². The van der Waals surface area contributed by atoms with Crippen LogP contribution >= 0.6 is 0 Å². The molecule has 3 nitrogen and oxygen atoms in total. The highest BCUT2D eigenvalue weighted by atomic mass is 16.7. The third kappa shape index (κ3) is 4.44. The van der Waals surface area contributed by atoms with Crippen molar-refractivity contribution in [2.45, 2.75) is 51.2 Å². The van der Waals surface area contributed by atoms with Crippen molar-refractivity contribution < 1.29 is 9.31 Å². The van der Waals surface area contributed by atoms with Gasteiger partial charge in [0.25, 0.3) is 0 Å². The number of hydrogen-bond donors (Lipinski definition) is 0. The van der Waals surface area contributed by atoms with Gasteiger partial charge in [0, 0.05) is 16.5 Å². The van der Waals surface area contributed by atoms with Crippen LogP contribution in [0.2, 0.25) is 0 Å². The van der Waals surface area contributed by atoms with Crippen molar-refractivity contribution >= 4 is 40.0 Å². The lowest BCUT2D eigenvalue weighted by atomic mass is 9.69. The van der Waals surface area contributed by atoms with E-state index in [9.17, 15) is 0 Å². The van der Waals surface area contributed by atoms with E-state index in [4.69, 9.17) is 9.31 Å². The van der Waals surface area contributed by atoms with Gasteiger partial charge in [-0.25, -0.2) is 0 Å². The monoisotopic (exact) mass is 699 g/mol. The second-order valence-corrected chi connectivity index (χ2v) is 16.0. The molecular weight excluding hydrogens is 657 g/mol. The van der Waals surface area contributed by atoms with Gasteiger partial charge in [-0.3, -0.25) is 0 Å². The average molecular weight is 700 g/mol. The first-order valence-electron chi connectivity index (χ1n) is 19.0. The lowest BCUT2D eigenvalue weighted by Crippen LogP contribution is -2.41. The summed E-state index contributed by atoms with van der Waals surface area (Å²) in [4.78, 5) is 0. The van der Waals surface area contributed by atoms with Crippen LogP contribution in [0.3, 0.4) is 0 Å². The summed E-state index contributed by atoms with van der Waals surface area (Å²) < 4.78 is 15.3. The second-order valence-electron chi connectivity index (χ2n) is 16.0. The van der Waals surface area contributed by atoms with E-state index in [1.54, 1.807) is 0 Å². The Hall–Kier alpha value is -5.68. The lowest BCUT2D eigenvalue weighted by molar-refractivity contribution is 0.00578. The Bertz CT molecular complexity index is 2760. The first kappa shape index (κ1) is 32.9. The van der Waals surface area contributed by atoms with Gasteiger partial charge >= 0.3 is 7.12 Å².